The normalized spacial score (nSPS) is 15.2. The summed E-state index contributed by atoms with van der Waals surface area (Å²) >= 11 is 6.88. The van der Waals surface area contributed by atoms with E-state index < -0.39 is 0 Å². The fourth-order valence-electron chi connectivity index (χ4n) is 3.77. The standard InChI is InChI=1S/C26H26ClNO/c27-26(23-11-5-2-6-12-23)25(21-9-3-1-4-10-21)22-13-15-24(16-14-22)29-20-19-28-17-7-8-18-28/h1-6,9-16H,7-8,17-20H2/b26-25+. The Morgan fingerprint density at radius 1 is 0.724 bits per heavy atom. The quantitative estimate of drug-likeness (QED) is 0.428. The Bertz CT molecular complexity index is 929. The van der Waals surface area contributed by atoms with E-state index >= 15 is 0 Å². The van der Waals surface area contributed by atoms with Gasteiger partial charge < -0.3 is 4.74 Å². The second-order valence-electron chi connectivity index (χ2n) is 7.34. The fraction of sp³-hybridized carbons (Fsp3) is 0.231. The summed E-state index contributed by atoms with van der Waals surface area (Å²) in [6.45, 7) is 4.12. The first-order valence-electron chi connectivity index (χ1n) is 10.3. The van der Waals surface area contributed by atoms with Crippen molar-refractivity contribution in [3.63, 3.8) is 0 Å². The van der Waals surface area contributed by atoms with Gasteiger partial charge in [0.15, 0.2) is 0 Å². The lowest BCUT2D eigenvalue weighted by Crippen LogP contribution is -2.25. The minimum absolute atomic E-state index is 0.728. The summed E-state index contributed by atoms with van der Waals surface area (Å²) in [5, 5.41) is 0.750. The van der Waals surface area contributed by atoms with E-state index in [1.54, 1.807) is 0 Å². The molecule has 148 valence electrons. The van der Waals surface area contributed by atoms with Gasteiger partial charge in [-0.05, 0) is 54.8 Å². The van der Waals surface area contributed by atoms with E-state index in [9.17, 15) is 0 Å². The number of likely N-dealkylation sites (tertiary alicyclic amines) is 1. The SMILES string of the molecule is Cl/C(=C(\c1ccccc1)c1ccc(OCCN2CCCC2)cc1)c1ccccc1. The van der Waals surface area contributed by atoms with Crippen LogP contribution >= 0.6 is 11.6 Å². The molecule has 29 heavy (non-hydrogen) atoms. The number of nitrogens with zero attached hydrogens (tertiary/aromatic N) is 1. The zero-order valence-corrected chi connectivity index (χ0v) is 17.3. The van der Waals surface area contributed by atoms with Crippen molar-refractivity contribution in [2.45, 2.75) is 12.8 Å². The van der Waals surface area contributed by atoms with Crippen molar-refractivity contribution in [3.05, 3.63) is 102 Å². The Morgan fingerprint density at radius 2 is 1.28 bits per heavy atom. The molecule has 1 aliphatic heterocycles. The molecule has 0 aromatic heterocycles. The molecule has 0 aliphatic carbocycles. The monoisotopic (exact) mass is 403 g/mol. The number of benzene rings is 3. The van der Waals surface area contributed by atoms with Gasteiger partial charge in [0.1, 0.15) is 12.4 Å². The molecular formula is C26H26ClNO. The van der Waals surface area contributed by atoms with Gasteiger partial charge in [-0.1, -0.05) is 84.4 Å². The summed E-state index contributed by atoms with van der Waals surface area (Å²) in [7, 11) is 0. The lowest BCUT2D eigenvalue weighted by atomic mass is 9.95. The molecule has 1 saturated heterocycles. The highest BCUT2D eigenvalue weighted by molar-refractivity contribution is 6.53. The van der Waals surface area contributed by atoms with E-state index in [-0.39, 0.29) is 0 Å². The van der Waals surface area contributed by atoms with Crippen molar-refractivity contribution in [3.8, 4) is 5.75 Å². The maximum atomic E-state index is 6.88. The van der Waals surface area contributed by atoms with Gasteiger partial charge >= 0.3 is 0 Å². The molecule has 3 heteroatoms. The smallest absolute Gasteiger partial charge is 0.119 e. The van der Waals surface area contributed by atoms with E-state index in [4.69, 9.17) is 16.3 Å². The molecule has 3 aromatic carbocycles. The first-order chi connectivity index (χ1) is 14.3. The second-order valence-corrected chi connectivity index (χ2v) is 7.72. The van der Waals surface area contributed by atoms with Gasteiger partial charge in [-0.25, -0.2) is 0 Å². The van der Waals surface area contributed by atoms with E-state index in [2.05, 4.69) is 29.2 Å². The van der Waals surface area contributed by atoms with Crippen molar-refractivity contribution < 1.29 is 4.74 Å². The Hall–Kier alpha value is -2.55. The summed E-state index contributed by atoms with van der Waals surface area (Å²) in [5.41, 5.74) is 4.22. The van der Waals surface area contributed by atoms with Crippen molar-refractivity contribution >= 4 is 22.2 Å². The molecule has 0 bridgehead atoms. The van der Waals surface area contributed by atoms with Gasteiger partial charge in [-0.15, -0.1) is 0 Å². The number of ether oxygens (including phenoxy) is 1. The summed E-state index contributed by atoms with van der Waals surface area (Å²) in [6, 6.07) is 28.7. The largest absolute Gasteiger partial charge is 0.492 e. The Morgan fingerprint density at radius 3 is 1.90 bits per heavy atom. The van der Waals surface area contributed by atoms with Crippen molar-refractivity contribution in [2.75, 3.05) is 26.2 Å². The van der Waals surface area contributed by atoms with Crippen LogP contribution in [0.5, 0.6) is 5.75 Å². The molecule has 0 radical (unpaired) electrons. The van der Waals surface area contributed by atoms with Gasteiger partial charge in [0.25, 0.3) is 0 Å². The van der Waals surface area contributed by atoms with Crippen LogP contribution in [-0.4, -0.2) is 31.1 Å². The van der Waals surface area contributed by atoms with E-state index in [1.807, 2.05) is 60.7 Å². The lowest BCUT2D eigenvalue weighted by molar-refractivity contribution is 0.238. The number of hydrogen-bond donors (Lipinski definition) is 0. The first-order valence-corrected chi connectivity index (χ1v) is 10.7. The Kier molecular flexibility index (Phi) is 6.66. The van der Waals surface area contributed by atoms with Crippen LogP contribution in [0.25, 0.3) is 10.6 Å². The highest BCUT2D eigenvalue weighted by Gasteiger charge is 2.13. The van der Waals surface area contributed by atoms with Crippen LogP contribution in [0.1, 0.15) is 29.5 Å². The molecule has 1 heterocycles. The average Bonchev–Trinajstić information content (AvgIpc) is 3.30. The number of hydrogen-bond acceptors (Lipinski definition) is 2. The van der Waals surface area contributed by atoms with Crippen LogP contribution in [0, 0.1) is 0 Å². The van der Waals surface area contributed by atoms with Crippen molar-refractivity contribution in [1.82, 2.24) is 4.90 Å². The topological polar surface area (TPSA) is 12.5 Å². The third kappa shape index (κ3) is 5.09. The molecule has 3 aromatic rings. The third-order valence-corrected chi connectivity index (χ3v) is 5.73. The van der Waals surface area contributed by atoms with Gasteiger partial charge in [-0.3, -0.25) is 4.90 Å². The lowest BCUT2D eigenvalue weighted by Gasteiger charge is -2.16. The molecule has 0 unspecified atom stereocenters. The molecule has 4 rings (SSSR count). The Balaban J connectivity index is 1.56. The van der Waals surface area contributed by atoms with Crippen LogP contribution in [0.15, 0.2) is 84.9 Å². The predicted octanol–water partition coefficient (Wildman–Crippen LogP) is 6.32. The zero-order chi connectivity index (χ0) is 19.9. The summed E-state index contributed by atoms with van der Waals surface area (Å²) < 4.78 is 5.96. The molecule has 0 N–H and O–H groups in total. The predicted molar refractivity (Wildman–Crippen MR) is 122 cm³/mol. The average molecular weight is 404 g/mol. The summed E-state index contributed by atoms with van der Waals surface area (Å²) in [6.07, 6.45) is 2.62. The minimum atomic E-state index is 0.728. The minimum Gasteiger partial charge on any atom is -0.492 e. The maximum absolute atomic E-state index is 6.88. The summed E-state index contributed by atoms with van der Waals surface area (Å²) in [5.74, 6) is 0.899. The molecule has 1 fully saturated rings. The molecule has 0 amide bonds. The first kappa shape index (κ1) is 19.8. The van der Waals surface area contributed by atoms with Gasteiger partial charge in [0.2, 0.25) is 0 Å². The summed E-state index contributed by atoms with van der Waals surface area (Å²) in [4.78, 5) is 2.46. The maximum Gasteiger partial charge on any atom is 0.119 e. The molecule has 0 spiro atoms. The van der Waals surface area contributed by atoms with Crippen molar-refractivity contribution in [2.24, 2.45) is 0 Å². The van der Waals surface area contributed by atoms with E-state index in [0.29, 0.717) is 0 Å². The van der Waals surface area contributed by atoms with Crippen LogP contribution in [0.2, 0.25) is 0 Å². The van der Waals surface area contributed by atoms with Gasteiger partial charge in [-0.2, -0.15) is 0 Å². The Labute approximate surface area is 178 Å². The zero-order valence-electron chi connectivity index (χ0n) is 16.6. The van der Waals surface area contributed by atoms with Crippen LogP contribution < -0.4 is 4.74 Å². The van der Waals surface area contributed by atoms with E-state index in [0.717, 1.165) is 46.2 Å². The highest BCUT2D eigenvalue weighted by atomic mass is 35.5. The second kappa shape index (κ2) is 9.78. The number of halogens is 1. The molecule has 0 atom stereocenters. The van der Waals surface area contributed by atoms with Crippen LogP contribution in [0.4, 0.5) is 0 Å². The van der Waals surface area contributed by atoms with Crippen LogP contribution in [-0.2, 0) is 0 Å². The third-order valence-electron chi connectivity index (χ3n) is 5.33. The van der Waals surface area contributed by atoms with Gasteiger partial charge in [0.05, 0.1) is 5.03 Å². The molecule has 1 aliphatic rings. The number of rotatable bonds is 7. The van der Waals surface area contributed by atoms with Crippen molar-refractivity contribution in [1.29, 1.82) is 0 Å². The molecular weight excluding hydrogens is 378 g/mol. The van der Waals surface area contributed by atoms with Gasteiger partial charge in [0, 0.05) is 12.1 Å². The van der Waals surface area contributed by atoms with E-state index in [1.165, 1.54) is 25.9 Å². The van der Waals surface area contributed by atoms with Crippen LogP contribution in [0.3, 0.4) is 0 Å². The highest BCUT2D eigenvalue weighted by Crippen LogP contribution is 2.35. The fourth-order valence-corrected chi connectivity index (χ4v) is 4.11. The molecule has 2 nitrogen and oxygen atoms in total. The molecule has 0 saturated carbocycles.